The lowest BCUT2D eigenvalue weighted by molar-refractivity contribution is 0.0560. The standard InChI is InChI=1S/C27H30O9/c1-4-7-16-9-6-10-20-23(31)25(26(27(32)33)36-24(16)20)35-14-17(29)13-34-21-12-11-18(15(3)28)22(30)19(21)8-5-2/h6,9-12,17,29-30H,4-5,7-8,13-14H2,1-3H3,(H,32,33). The second-order valence-corrected chi connectivity index (χ2v) is 8.46. The van der Waals surface area contributed by atoms with Gasteiger partial charge in [0.1, 0.15) is 36.4 Å². The number of hydrogen-bond acceptors (Lipinski definition) is 8. The summed E-state index contributed by atoms with van der Waals surface area (Å²) < 4.78 is 16.7. The van der Waals surface area contributed by atoms with Crippen LogP contribution in [0.25, 0.3) is 11.0 Å². The molecule has 0 aliphatic heterocycles. The molecule has 36 heavy (non-hydrogen) atoms. The zero-order chi connectivity index (χ0) is 26.4. The third kappa shape index (κ3) is 5.68. The van der Waals surface area contributed by atoms with E-state index in [-0.39, 0.29) is 34.7 Å². The zero-order valence-corrected chi connectivity index (χ0v) is 20.5. The van der Waals surface area contributed by atoms with Crippen LogP contribution in [0, 0.1) is 0 Å². The highest BCUT2D eigenvalue weighted by atomic mass is 16.5. The van der Waals surface area contributed by atoms with Crippen LogP contribution in [0.2, 0.25) is 0 Å². The highest BCUT2D eigenvalue weighted by molar-refractivity contribution is 5.97. The maximum Gasteiger partial charge on any atom is 0.375 e. The minimum absolute atomic E-state index is 0.157. The van der Waals surface area contributed by atoms with Gasteiger partial charge < -0.3 is 29.2 Å². The van der Waals surface area contributed by atoms with Crippen molar-refractivity contribution in [3.05, 3.63) is 63.0 Å². The number of carboxylic acids is 1. The third-order valence-electron chi connectivity index (χ3n) is 5.64. The van der Waals surface area contributed by atoms with Crippen molar-refractivity contribution in [1.82, 2.24) is 0 Å². The van der Waals surface area contributed by atoms with E-state index in [9.17, 15) is 29.7 Å². The van der Waals surface area contributed by atoms with Crippen LogP contribution in [0.3, 0.4) is 0 Å². The number of hydrogen-bond donors (Lipinski definition) is 3. The van der Waals surface area contributed by atoms with Crippen LogP contribution in [0.4, 0.5) is 0 Å². The van der Waals surface area contributed by atoms with Crippen molar-refractivity contribution in [2.75, 3.05) is 13.2 Å². The zero-order valence-electron chi connectivity index (χ0n) is 20.5. The predicted molar refractivity (Wildman–Crippen MR) is 133 cm³/mol. The van der Waals surface area contributed by atoms with E-state index in [2.05, 4.69) is 0 Å². The highest BCUT2D eigenvalue weighted by Gasteiger charge is 2.24. The van der Waals surface area contributed by atoms with Crippen molar-refractivity contribution < 1.29 is 38.8 Å². The van der Waals surface area contributed by atoms with Crippen LogP contribution in [0.15, 0.2) is 39.5 Å². The molecule has 3 rings (SSSR count). The van der Waals surface area contributed by atoms with E-state index >= 15 is 0 Å². The summed E-state index contributed by atoms with van der Waals surface area (Å²) in [6.07, 6.45) is 1.29. The number of phenolic OH excluding ortho intramolecular Hbond substituents is 1. The SMILES string of the molecule is CCCc1c(OCC(O)COc2c(C(=O)O)oc3c(CCC)cccc3c2=O)ccc(C(C)=O)c1O. The maximum absolute atomic E-state index is 13.0. The summed E-state index contributed by atoms with van der Waals surface area (Å²) in [6, 6.07) is 7.99. The number of aromatic hydroxyl groups is 1. The molecule has 3 aromatic rings. The first kappa shape index (κ1) is 26.7. The molecule has 0 saturated carbocycles. The number of phenols is 1. The molecule has 3 N–H and O–H groups in total. The predicted octanol–water partition coefficient (Wildman–Crippen LogP) is 4.12. The van der Waals surface area contributed by atoms with E-state index in [0.717, 1.165) is 12.0 Å². The van der Waals surface area contributed by atoms with E-state index < -0.39 is 35.6 Å². The third-order valence-corrected chi connectivity index (χ3v) is 5.64. The number of ether oxygens (including phenoxy) is 2. The summed E-state index contributed by atoms with van der Waals surface area (Å²) >= 11 is 0. The number of aromatic carboxylic acids is 1. The molecule has 0 spiro atoms. The van der Waals surface area contributed by atoms with Gasteiger partial charge >= 0.3 is 5.97 Å². The van der Waals surface area contributed by atoms with E-state index in [1.54, 1.807) is 18.2 Å². The molecule has 0 aliphatic carbocycles. The van der Waals surface area contributed by atoms with Crippen LogP contribution in [0.1, 0.15) is 65.7 Å². The monoisotopic (exact) mass is 498 g/mol. The average molecular weight is 499 g/mol. The Labute approximate surface area is 207 Å². The number of para-hydroxylation sites is 1. The van der Waals surface area contributed by atoms with Gasteiger partial charge in [0.05, 0.1) is 10.9 Å². The first-order valence-corrected chi connectivity index (χ1v) is 11.8. The summed E-state index contributed by atoms with van der Waals surface area (Å²) in [5.74, 6) is -2.74. The summed E-state index contributed by atoms with van der Waals surface area (Å²) in [6.45, 7) is 4.52. The number of aliphatic hydroxyl groups excluding tert-OH is 1. The average Bonchev–Trinajstić information content (AvgIpc) is 2.84. The Balaban J connectivity index is 1.80. The highest BCUT2D eigenvalue weighted by Crippen LogP contribution is 2.33. The number of benzene rings is 2. The van der Waals surface area contributed by atoms with Crippen LogP contribution < -0.4 is 14.9 Å². The normalized spacial score (nSPS) is 11.9. The van der Waals surface area contributed by atoms with Crippen molar-refractivity contribution >= 4 is 22.7 Å². The van der Waals surface area contributed by atoms with Gasteiger partial charge in [0.25, 0.3) is 5.76 Å². The quantitative estimate of drug-likeness (QED) is 0.314. The number of carbonyl (C=O) groups excluding carboxylic acids is 1. The van der Waals surface area contributed by atoms with E-state index in [0.29, 0.717) is 30.6 Å². The van der Waals surface area contributed by atoms with Gasteiger partial charge in [-0.2, -0.15) is 0 Å². The van der Waals surface area contributed by atoms with Crippen LogP contribution in [-0.4, -0.2) is 46.4 Å². The molecule has 1 heterocycles. The number of ketones is 1. The van der Waals surface area contributed by atoms with Gasteiger partial charge in [-0.15, -0.1) is 0 Å². The molecular formula is C27H30O9. The van der Waals surface area contributed by atoms with E-state index in [4.69, 9.17) is 13.9 Å². The molecule has 0 aliphatic rings. The Hall–Kier alpha value is -3.85. The Kier molecular flexibility index (Phi) is 8.71. The fourth-order valence-corrected chi connectivity index (χ4v) is 3.94. The molecule has 2 aromatic carbocycles. The molecule has 0 amide bonds. The molecule has 1 aromatic heterocycles. The Morgan fingerprint density at radius 3 is 2.36 bits per heavy atom. The van der Waals surface area contributed by atoms with Gasteiger partial charge in [-0.3, -0.25) is 9.59 Å². The number of carboxylic acid groups (broad SMARTS) is 1. The van der Waals surface area contributed by atoms with Gasteiger partial charge in [0.15, 0.2) is 5.78 Å². The van der Waals surface area contributed by atoms with Crippen molar-refractivity contribution in [3.63, 3.8) is 0 Å². The molecule has 9 nitrogen and oxygen atoms in total. The summed E-state index contributed by atoms with van der Waals surface area (Å²) in [4.78, 5) is 36.6. The molecule has 1 atom stereocenters. The number of Topliss-reactive ketones (excluding diaryl/α,β-unsaturated/α-hetero) is 1. The molecular weight excluding hydrogens is 468 g/mol. The minimum atomic E-state index is -1.47. The van der Waals surface area contributed by atoms with E-state index in [1.807, 2.05) is 13.8 Å². The second kappa shape index (κ2) is 11.7. The lowest BCUT2D eigenvalue weighted by Crippen LogP contribution is -2.27. The largest absolute Gasteiger partial charge is 0.507 e. The number of rotatable bonds is 12. The summed E-state index contributed by atoms with van der Waals surface area (Å²) in [7, 11) is 0. The molecule has 0 bridgehead atoms. The molecule has 192 valence electrons. The van der Waals surface area contributed by atoms with Gasteiger partial charge in [-0.05, 0) is 43.5 Å². The molecule has 0 saturated heterocycles. The first-order chi connectivity index (χ1) is 17.2. The minimum Gasteiger partial charge on any atom is -0.507 e. The first-order valence-electron chi connectivity index (χ1n) is 11.8. The summed E-state index contributed by atoms with van der Waals surface area (Å²) in [5, 5.41) is 30.7. The Morgan fingerprint density at radius 1 is 1.03 bits per heavy atom. The summed E-state index contributed by atoms with van der Waals surface area (Å²) in [5.41, 5.74) is 0.909. The maximum atomic E-state index is 13.0. The lowest BCUT2D eigenvalue weighted by Gasteiger charge is -2.17. The fourth-order valence-electron chi connectivity index (χ4n) is 3.94. The molecule has 1 unspecified atom stereocenters. The molecule has 0 radical (unpaired) electrons. The number of carbonyl (C=O) groups is 2. The van der Waals surface area contributed by atoms with Crippen molar-refractivity contribution in [1.29, 1.82) is 0 Å². The number of fused-ring (bicyclic) bond motifs is 1. The second-order valence-electron chi connectivity index (χ2n) is 8.46. The Bertz CT molecular complexity index is 1320. The van der Waals surface area contributed by atoms with Gasteiger partial charge in [-0.25, -0.2) is 4.79 Å². The smallest absolute Gasteiger partial charge is 0.375 e. The lowest BCUT2D eigenvalue weighted by atomic mass is 10.0. The topological polar surface area (TPSA) is 143 Å². The van der Waals surface area contributed by atoms with Gasteiger partial charge in [0.2, 0.25) is 11.2 Å². The fraction of sp³-hybridized carbons (Fsp3) is 0.370. The molecule has 0 fully saturated rings. The van der Waals surface area contributed by atoms with Crippen molar-refractivity contribution in [3.8, 4) is 17.2 Å². The number of aryl methyl sites for hydroxylation is 1. The van der Waals surface area contributed by atoms with Gasteiger partial charge in [-0.1, -0.05) is 38.8 Å². The number of aliphatic hydroxyl groups is 1. The molecule has 9 heteroatoms. The Morgan fingerprint density at radius 2 is 1.72 bits per heavy atom. The van der Waals surface area contributed by atoms with E-state index in [1.165, 1.54) is 19.1 Å². The van der Waals surface area contributed by atoms with Crippen molar-refractivity contribution in [2.45, 2.75) is 52.6 Å². The van der Waals surface area contributed by atoms with Crippen molar-refractivity contribution in [2.24, 2.45) is 0 Å². The van der Waals surface area contributed by atoms with Crippen LogP contribution in [0.5, 0.6) is 17.2 Å². The van der Waals surface area contributed by atoms with Crippen LogP contribution >= 0.6 is 0 Å². The van der Waals surface area contributed by atoms with Crippen LogP contribution in [-0.2, 0) is 12.8 Å². The van der Waals surface area contributed by atoms with Gasteiger partial charge in [0, 0.05) is 5.56 Å².